The summed E-state index contributed by atoms with van der Waals surface area (Å²) in [6.45, 7) is 9.83. The number of allylic oxidation sites excluding steroid dienone is 1. The van der Waals surface area contributed by atoms with Crippen LogP contribution in [0.25, 0.3) is 16.9 Å². The van der Waals surface area contributed by atoms with Gasteiger partial charge in [0.15, 0.2) is 11.5 Å². The molecule has 1 aromatic carbocycles. The minimum Gasteiger partial charge on any atom is -0.384 e. The van der Waals surface area contributed by atoms with Crippen LogP contribution in [0.4, 0.5) is 17.3 Å². The quantitative estimate of drug-likeness (QED) is 0.338. The van der Waals surface area contributed by atoms with Crippen molar-refractivity contribution in [3.05, 3.63) is 76.9 Å². The van der Waals surface area contributed by atoms with Crippen LogP contribution in [-0.4, -0.2) is 55.6 Å². The molecule has 4 aromatic rings. The molecule has 38 heavy (non-hydrogen) atoms. The first-order valence-electron chi connectivity index (χ1n) is 13.1. The highest BCUT2D eigenvalue weighted by molar-refractivity contribution is 5.77. The highest BCUT2D eigenvalue weighted by Crippen LogP contribution is 2.34. The number of benzene rings is 1. The van der Waals surface area contributed by atoms with E-state index >= 15 is 0 Å². The maximum atomic E-state index is 13.3. The normalized spacial score (nSPS) is 19.4. The monoisotopic (exact) mass is 512 g/mol. The number of hydrogen-bond acceptors (Lipinski definition) is 8. The van der Waals surface area contributed by atoms with E-state index in [1.54, 1.807) is 28.6 Å². The number of piperazine rings is 1. The molecule has 6 rings (SSSR count). The smallest absolute Gasteiger partial charge is 0.278 e. The highest BCUT2D eigenvalue weighted by atomic mass is 16.3. The second-order valence-electron chi connectivity index (χ2n) is 10.1. The van der Waals surface area contributed by atoms with Crippen molar-refractivity contribution >= 4 is 28.4 Å². The largest absolute Gasteiger partial charge is 0.384 e. The van der Waals surface area contributed by atoms with Crippen LogP contribution in [0, 0.1) is 0 Å². The first kappa shape index (κ1) is 24.3. The van der Waals surface area contributed by atoms with Gasteiger partial charge in [-0.3, -0.25) is 4.79 Å². The number of pyridine rings is 1. The lowest BCUT2D eigenvalue weighted by molar-refractivity contribution is 0.0339. The average molecular weight is 513 g/mol. The molecule has 3 aromatic heterocycles. The van der Waals surface area contributed by atoms with E-state index in [4.69, 9.17) is 9.97 Å². The van der Waals surface area contributed by atoms with Gasteiger partial charge in [-0.05, 0) is 62.1 Å². The van der Waals surface area contributed by atoms with Gasteiger partial charge in [-0.1, -0.05) is 12.1 Å². The zero-order valence-corrected chi connectivity index (χ0v) is 21.5. The van der Waals surface area contributed by atoms with Gasteiger partial charge in [0.2, 0.25) is 5.95 Å². The third-order valence-electron chi connectivity index (χ3n) is 7.38. The second kappa shape index (κ2) is 9.70. The molecular formula is C28H32N8O2. The maximum absolute atomic E-state index is 13.3. The van der Waals surface area contributed by atoms with E-state index in [2.05, 4.69) is 39.2 Å². The summed E-state index contributed by atoms with van der Waals surface area (Å²) in [6, 6.07) is 12.1. The molecule has 1 saturated heterocycles. The zero-order valence-electron chi connectivity index (χ0n) is 21.5. The highest BCUT2D eigenvalue weighted by Gasteiger charge is 2.32. The Morgan fingerprint density at radius 1 is 1.16 bits per heavy atom. The molecule has 1 aliphatic carbocycles. The van der Waals surface area contributed by atoms with Gasteiger partial charge in [-0.25, -0.2) is 19.3 Å². The van der Waals surface area contributed by atoms with E-state index in [0.29, 0.717) is 34.9 Å². The summed E-state index contributed by atoms with van der Waals surface area (Å²) >= 11 is 0. The van der Waals surface area contributed by atoms with Gasteiger partial charge in [0.25, 0.3) is 5.56 Å². The van der Waals surface area contributed by atoms with E-state index in [0.717, 1.165) is 50.3 Å². The summed E-state index contributed by atoms with van der Waals surface area (Å²) in [4.78, 5) is 29.6. The lowest BCUT2D eigenvalue weighted by atomic mass is 9.84. The Labute approximate surface area is 220 Å². The number of aliphatic hydroxyl groups is 1. The molecule has 4 heterocycles. The Kier molecular flexibility index (Phi) is 6.21. The number of anilines is 3. The van der Waals surface area contributed by atoms with Crippen molar-refractivity contribution in [3.8, 4) is 5.82 Å². The Bertz CT molecular complexity index is 1550. The van der Waals surface area contributed by atoms with E-state index in [9.17, 15) is 9.90 Å². The molecule has 196 valence electrons. The van der Waals surface area contributed by atoms with Crippen molar-refractivity contribution in [2.24, 2.45) is 0 Å². The lowest BCUT2D eigenvalue weighted by Crippen LogP contribution is -2.43. The Morgan fingerprint density at radius 3 is 2.71 bits per heavy atom. The molecule has 0 radical (unpaired) electrons. The van der Waals surface area contributed by atoms with Gasteiger partial charge >= 0.3 is 0 Å². The fourth-order valence-corrected chi connectivity index (χ4v) is 5.42. The van der Waals surface area contributed by atoms with Crippen molar-refractivity contribution in [2.45, 2.75) is 38.3 Å². The molecule has 1 fully saturated rings. The average Bonchev–Trinajstić information content (AvgIpc) is 3.20. The van der Waals surface area contributed by atoms with Crippen molar-refractivity contribution < 1.29 is 5.11 Å². The van der Waals surface area contributed by atoms with Gasteiger partial charge in [0.05, 0.1) is 12.2 Å². The van der Waals surface area contributed by atoms with Crippen LogP contribution in [0.5, 0.6) is 0 Å². The van der Waals surface area contributed by atoms with Crippen LogP contribution < -0.4 is 21.1 Å². The predicted octanol–water partition coefficient (Wildman–Crippen LogP) is 2.86. The fourth-order valence-electron chi connectivity index (χ4n) is 5.42. The molecule has 10 nitrogen and oxygen atoms in total. The van der Waals surface area contributed by atoms with E-state index in [1.807, 2.05) is 24.3 Å². The second-order valence-corrected chi connectivity index (χ2v) is 10.1. The third-order valence-corrected chi connectivity index (χ3v) is 7.38. The minimum absolute atomic E-state index is 0.224. The van der Waals surface area contributed by atoms with Gasteiger partial charge in [-0.15, -0.1) is 6.58 Å². The van der Waals surface area contributed by atoms with Crippen LogP contribution in [-0.2, 0) is 18.6 Å². The summed E-state index contributed by atoms with van der Waals surface area (Å²) < 4.78 is 3.25. The summed E-state index contributed by atoms with van der Waals surface area (Å²) in [5.41, 5.74) is 2.91. The Morgan fingerprint density at radius 2 is 1.95 bits per heavy atom. The summed E-state index contributed by atoms with van der Waals surface area (Å²) in [5, 5.41) is 18.0. The van der Waals surface area contributed by atoms with Crippen molar-refractivity contribution in [1.29, 1.82) is 0 Å². The minimum atomic E-state index is -1.02. The van der Waals surface area contributed by atoms with Crippen LogP contribution in [0.15, 0.2) is 60.0 Å². The number of nitrogens with zero attached hydrogens (tertiary/aromatic N) is 6. The number of nitrogens with one attached hydrogen (secondary N) is 2. The molecule has 1 unspecified atom stereocenters. The number of fused-ring (bicyclic) bond motifs is 2. The molecule has 0 amide bonds. The van der Waals surface area contributed by atoms with Gasteiger partial charge in [0, 0.05) is 43.8 Å². The number of hydrogen-bond donors (Lipinski definition) is 3. The number of aromatic nitrogens is 5. The molecule has 2 aliphatic rings. The van der Waals surface area contributed by atoms with Crippen LogP contribution in [0.3, 0.4) is 0 Å². The van der Waals surface area contributed by atoms with E-state index in [1.165, 1.54) is 5.69 Å². The zero-order chi connectivity index (χ0) is 26.3. The van der Waals surface area contributed by atoms with E-state index < -0.39 is 5.60 Å². The molecule has 3 N–H and O–H groups in total. The first-order valence-corrected chi connectivity index (χ1v) is 13.1. The number of rotatable bonds is 6. The summed E-state index contributed by atoms with van der Waals surface area (Å²) in [6.07, 6.45) is 5.64. The van der Waals surface area contributed by atoms with Crippen molar-refractivity contribution in [1.82, 2.24) is 29.6 Å². The molecule has 1 atom stereocenters. The lowest BCUT2D eigenvalue weighted by Gasteiger charge is -2.30. The first-order chi connectivity index (χ1) is 18.4. The third kappa shape index (κ3) is 4.35. The molecular weight excluding hydrogens is 480 g/mol. The molecule has 1 aliphatic heterocycles. The van der Waals surface area contributed by atoms with Gasteiger partial charge in [0.1, 0.15) is 11.0 Å². The number of aryl methyl sites for hydroxylation is 1. The Hall–Kier alpha value is -4.02. The summed E-state index contributed by atoms with van der Waals surface area (Å²) in [5.74, 6) is 0.895. The maximum Gasteiger partial charge on any atom is 0.278 e. The van der Waals surface area contributed by atoms with Crippen molar-refractivity contribution in [3.63, 3.8) is 0 Å². The van der Waals surface area contributed by atoms with Gasteiger partial charge < -0.3 is 20.6 Å². The molecule has 0 spiro atoms. The fraction of sp³-hybridized carbons (Fsp3) is 0.357. The molecule has 0 bridgehead atoms. The SMILES string of the molecule is C=CCn1c(=O)c2cnc(Nc3ccc(N4CCNCC4)cc3)nc2n1-c1ccc2c(n1)C(C)(O)CCC2. The molecule has 10 heteroatoms. The Balaban J connectivity index is 1.39. The molecule has 0 saturated carbocycles. The van der Waals surface area contributed by atoms with Crippen molar-refractivity contribution in [2.75, 3.05) is 36.4 Å². The topological polar surface area (TPSA) is 113 Å². The standard InChI is InChI=1S/C28H32N8O2/c1-3-15-35-26(37)22-18-30-27(31-20-7-9-21(10-8-20)34-16-13-29-14-17-34)33-25(22)36(35)23-11-6-19-5-4-12-28(2,38)24(19)32-23/h3,6-11,18,29,38H,1,4-5,12-17H2,2H3,(H,30,31,33). The summed E-state index contributed by atoms with van der Waals surface area (Å²) in [7, 11) is 0. The van der Waals surface area contributed by atoms with Crippen LogP contribution in [0.1, 0.15) is 31.0 Å². The predicted molar refractivity (Wildman–Crippen MR) is 148 cm³/mol. The van der Waals surface area contributed by atoms with Crippen LogP contribution in [0.2, 0.25) is 0 Å². The van der Waals surface area contributed by atoms with Crippen LogP contribution >= 0.6 is 0 Å². The van der Waals surface area contributed by atoms with E-state index in [-0.39, 0.29) is 12.1 Å². The van der Waals surface area contributed by atoms with Gasteiger partial charge in [-0.2, -0.15) is 4.98 Å².